The summed E-state index contributed by atoms with van der Waals surface area (Å²) in [7, 11) is 0. The number of aromatic nitrogens is 2. The minimum atomic E-state index is -0.191. The zero-order chi connectivity index (χ0) is 19.0. The number of hydrogen-bond acceptors (Lipinski definition) is 4. The van der Waals surface area contributed by atoms with Gasteiger partial charge >= 0.3 is 0 Å². The van der Waals surface area contributed by atoms with Crippen LogP contribution in [0.25, 0.3) is 0 Å². The molecule has 7 heteroatoms. The van der Waals surface area contributed by atoms with Gasteiger partial charge < -0.3 is 19.5 Å². The summed E-state index contributed by atoms with van der Waals surface area (Å²) in [6.07, 6.45) is 4.41. The first kappa shape index (κ1) is 17.6. The van der Waals surface area contributed by atoms with Gasteiger partial charge in [0.1, 0.15) is 11.6 Å². The molecular weight excluding hydrogens is 344 g/mol. The maximum Gasteiger partial charge on any atom is 0.254 e. The van der Waals surface area contributed by atoms with E-state index in [0.717, 1.165) is 37.4 Å². The number of hydrogen-bond donors (Lipinski definition) is 1. The average molecular weight is 368 g/mol. The number of nitrogens with zero attached hydrogens (tertiary/aromatic N) is 4. The number of phenolic OH excluding ortho intramolecular Hbond substituents is 1. The second kappa shape index (κ2) is 7.06. The van der Waals surface area contributed by atoms with E-state index in [2.05, 4.69) is 4.98 Å². The first-order valence-corrected chi connectivity index (χ1v) is 9.46. The highest BCUT2D eigenvalue weighted by atomic mass is 16.3. The molecule has 1 aromatic heterocycles. The van der Waals surface area contributed by atoms with E-state index < -0.39 is 0 Å². The summed E-state index contributed by atoms with van der Waals surface area (Å²) in [6.45, 7) is 4.85. The maximum atomic E-state index is 12.8. The minimum Gasteiger partial charge on any atom is -0.508 e. The number of aromatic hydroxyl groups is 1. The van der Waals surface area contributed by atoms with Crippen molar-refractivity contribution >= 4 is 11.8 Å². The van der Waals surface area contributed by atoms with Crippen molar-refractivity contribution in [2.75, 3.05) is 19.6 Å². The second-order valence-corrected chi connectivity index (χ2v) is 7.27. The Balaban J connectivity index is 1.50. The molecule has 0 unspecified atom stereocenters. The topological polar surface area (TPSA) is 78.7 Å². The van der Waals surface area contributed by atoms with Crippen LogP contribution < -0.4 is 0 Å². The van der Waals surface area contributed by atoms with Crippen LogP contribution >= 0.6 is 0 Å². The summed E-state index contributed by atoms with van der Waals surface area (Å²) in [5.74, 6) is 0.888. The highest BCUT2D eigenvalue weighted by Gasteiger charge is 2.31. The highest BCUT2D eigenvalue weighted by Crippen LogP contribution is 2.27. The number of carbonyl (C=O) groups is 2. The van der Waals surface area contributed by atoms with Gasteiger partial charge in [-0.15, -0.1) is 0 Å². The Morgan fingerprint density at radius 1 is 1.19 bits per heavy atom. The van der Waals surface area contributed by atoms with Crippen LogP contribution in [-0.2, 0) is 17.8 Å². The molecule has 7 nitrogen and oxygen atoms in total. The molecule has 142 valence electrons. The van der Waals surface area contributed by atoms with Crippen molar-refractivity contribution in [1.29, 1.82) is 0 Å². The Kier molecular flexibility index (Phi) is 4.59. The summed E-state index contributed by atoms with van der Waals surface area (Å²) < 4.78 is 2.05. The molecule has 1 aromatic carbocycles. The fraction of sp³-hybridized carbons (Fsp3) is 0.450. The van der Waals surface area contributed by atoms with E-state index in [1.165, 1.54) is 6.07 Å². The normalized spacial score (nSPS) is 19.2. The van der Waals surface area contributed by atoms with Gasteiger partial charge in [0.05, 0.1) is 18.2 Å². The minimum absolute atomic E-state index is 0.0784. The van der Waals surface area contributed by atoms with E-state index in [4.69, 9.17) is 0 Å². The van der Waals surface area contributed by atoms with E-state index in [0.29, 0.717) is 25.1 Å². The lowest BCUT2D eigenvalue weighted by Gasteiger charge is -2.33. The number of carbonyl (C=O) groups excluding carboxylic acids is 2. The number of phenols is 1. The fourth-order valence-corrected chi connectivity index (χ4v) is 3.95. The van der Waals surface area contributed by atoms with Crippen molar-refractivity contribution in [3.63, 3.8) is 0 Å². The standard InChI is InChI=1S/C20H24N4O3/c1-14-19-21-16(12-18(26)22-7-2-3-8-22)13-23(19)9-10-24(14)20(27)15-5-4-6-17(25)11-15/h4-6,11,13-14,25H,2-3,7-10,12H2,1H3/t14-/m1/s1. The predicted octanol–water partition coefficient (Wildman–Crippen LogP) is 1.97. The molecule has 3 heterocycles. The smallest absolute Gasteiger partial charge is 0.254 e. The predicted molar refractivity (Wildman–Crippen MR) is 99.3 cm³/mol. The van der Waals surface area contributed by atoms with Crippen molar-refractivity contribution < 1.29 is 14.7 Å². The van der Waals surface area contributed by atoms with Gasteiger partial charge in [-0.05, 0) is 38.0 Å². The molecule has 0 saturated carbocycles. The fourth-order valence-electron chi connectivity index (χ4n) is 3.95. The van der Waals surface area contributed by atoms with Gasteiger partial charge in [0.2, 0.25) is 5.91 Å². The summed E-state index contributed by atoms with van der Waals surface area (Å²) in [5, 5.41) is 9.64. The molecule has 1 saturated heterocycles. The first-order chi connectivity index (χ1) is 13.0. The van der Waals surface area contributed by atoms with Gasteiger partial charge in [0.25, 0.3) is 5.91 Å². The molecule has 2 amide bonds. The Hall–Kier alpha value is -2.83. The Bertz CT molecular complexity index is 870. The van der Waals surface area contributed by atoms with Crippen LogP contribution in [0.2, 0.25) is 0 Å². The molecule has 1 N–H and O–H groups in total. The molecule has 2 aliphatic rings. The second-order valence-electron chi connectivity index (χ2n) is 7.27. The molecule has 0 aliphatic carbocycles. The summed E-state index contributed by atoms with van der Waals surface area (Å²) in [4.78, 5) is 33.6. The van der Waals surface area contributed by atoms with E-state index >= 15 is 0 Å². The van der Waals surface area contributed by atoms with E-state index in [-0.39, 0.29) is 23.6 Å². The lowest BCUT2D eigenvalue weighted by Crippen LogP contribution is -2.41. The molecule has 1 atom stereocenters. The number of fused-ring (bicyclic) bond motifs is 1. The maximum absolute atomic E-state index is 12.8. The number of rotatable bonds is 3. The van der Waals surface area contributed by atoms with Crippen molar-refractivity contribution in [3.05, 3.63) is 47.5 Å². The zero-order valence-electron chi connectivity index (χ0n) is 15.5. The van der Waals surface area contributed by atoms with Crippen LogP contribution in [0.3, 0.4) is 0 Å². The number of likely N-dealkylation sites (tertiary alicyclic amines) is 1. The number of amides is 2. The zero-order valence-corrected chi connectivity index (χ0v) is 15.5. The van der Waals surface area contributed by atoms with E-state index in [1.54, 1.807) is 23.1 Å². The van der Waals surface area contributed by atoms with Crippen LogP contribution in [0.15, 0.2) is 30.5 Å². The van der Waals surface area contributed by atoms with Crippen molar-refractivity contribution in [2.45, 2.75) is 38.8 Å². The molecule has 2 aromatic rings. The summed E-state index contributed by atoms with van der Waals surface area (Å²) in [6, 6.07) is 6.21. The molecular formula is C20H24N4O3. The third kappa shape index (κ3) is 3.41. The largest absolute Gasteiger partial charge is 0.508 e. The Labute approximate surface area is 158 Å². The lowest BCUT2D eigenvalue weighted by molar-refractivity contribution is -0.129. The Morgan fingerprint density at radius 2 is 1.96 bits per heavy atom. The first-order valence-electron chi connectivity index (χ1n) is 9.46. The Morgan fingerprint density at radius 3 is 2.70 bits per heavy atom. The number of benzene rings is 1. The van der Waals surface area contributed by atoms with Gasteiger partial charge in [-0.1, -0.05) is 6.07 Å². The highest BCUT2D eigenvalue weighted by molar-refractivity contribution is 5.94. The molecule has 2 aliphatic heterocycles. The monoisotopic (exact) mass is 368 g/mol. The van der Waals surface area contributed by atoms with Gasteiger partial charge in [0, 0.05) is 37.9 Å². The number of imidazole rings is 1. The van der Waals surface area contributed by atoms with Crippen molar-refractivity contribution in [3.8, 4) is 5.75 Å². The molecule has 4 rings (SSSR count). The van der Waals surface area contributed by atoms with Gasteiger partial charge in [0.15, 0.2) is 0 Å². The summed E-state index contributed by atoms with van der Waals surface area (Å²) >= 11 is 0. The molecule has 0 bridgehead atoms. The van der Waals surface area contributed by atoms with Crippen molar-refractivity contribution in [1.82, 2.24) is 19.4 Å². The van der Waals surface area contributed by atoms with E-state index in [9.17, 15) is 14.7 Å². The lowest BCUT2D eigenvalue weighted by atomic mass is 10.1. The third-order valence-corrected chi connectivity index (χ3v) is 5.43. The van der Waals surface area contributed by atoms with Gasteiger partial charge in [-0.25, -0.2) is 4.98 Å². The molecule has 0 radical (unpaired) electrons. The van der Waals surface area contributed by atoms with E-state index in [1.807, 2.05) is 22.6 Å². The van der Waals surface area contributed by atoms with Gasteiger partial charge in [-0.3, -0.25) is 9.59 Å². The van der Waals surface area contributed by atoms with Crippen molar-refractivity contribution in [2.24, 2.45) is 0 Å². The van der Waals surface area contributed by atoms with Crippen LogP contribution in [0, 0.1) is 0 Å². The molecule has 0 spiro atoms. The molecule has 27 heavy (non-hydrogen) atoms. The van der Waals surface area contributed by atoms with Crippen LogP contribution in [0.5, 0.6) is 5.75 Å². The van der Waals surface area contributed by atoms with Crippen LogP contribution in [0.1, 0.15) is 47.7 Å². The SMILES string of the molecule is C[C@@H]1c2nc(CC(=O)N3CCCC3)cn2CCN1C(=O)c1cccc(O)c1. The third-order valence-electron chi connectivity index (χ3n) is 5.43. The summed E-state index contributed by atoms with van der Waals surface area (Å²) in [5.41, 5.74) is 1.23. The van der Waals surface area contributed by atoms with Crippen LogP contribution in [0.4, 0.5) is 0 Å². The van der Waals surface area contributed by atoms with Gasteiger partial charge in [-0.2, -0.15) is 0 Å². The molecule has 1 fully saturated rings. The quantitative estimate of drug-likeness (QED) is 0.898. The average Bonchev–Trinajstić information content (AvgIpc) is 3.31. The van der Waals surface area contributed by atoms with Crippen LogP contribution in [-0.4, -0.2) is 55.9 Å².